The molecule has 0 bridgehead atoms. The molecule has 0 aromatic heterocycles. The van der Waals surface area contributed by atoms with Gasteiger partial charge in [-0.3, -0.25) is 4.79 Å². The third-order valence-electron chi connectivity index (χ3n) is 2.88. The third kappa shape index (κ3) is 4.00. The SMILES string of the molecule is NCc1ccccc1NC(=O)CNc1ccc(F)c(F)c1. The molecule has 2 aromatic rings. The van der Waals surface area contributed by atoms with E-state index in [0.29, 0.717) is 17.9 Å². The first-order valence-electron chi connectivity index (χ1n) is 6.37. The molecule has 6 heteroatoms. The van der Waals surface area contributed by atoms with Gasteiger partial charge in [0.1, 0.15) is 0 Å². The highest BCUT2D eigenvalue weighted by Crippen LogP contribution is 2.15. The Morgan fingerprint density at radius 1 is 1.10 bits per heavy atom. The van der Waals surface area contributed by atoms with E-state index in [9.17, 15) is 13.6 Å². The van der Waals surface area contributed by atoms with Crippen molar-refractivity contribution in [3.8, 4) is 0 Å². The molecule has 4 N–H and O–H groups in total. The second kappa shape index (κ2) is 6.81. The summed E-state index contributed by atoms with van der Waals surface area (Å²) in [6, 6.07) is 10.5. The summed E-state index contributed by atoms with van der Waals surface area (Å²) >= 11 is 0. The Labute approximate surface area is 121 Å². The van der Waals surface area contributed by atoms with Gasteiger partial charge in [0, 0.05) is 24.0 Å². The summed E-state index contributed by atoms with van der Waals surface area (Å²) < 4.78 is 25.8. The molecule has 0 aliphatic heterocycles. The Morgan fingerprint density at radius 2 is 1.86 bits per heavy atom. The van der Waals surface area contributed by atoms with Crippen molar-refractivity contribution in [2.45, 2.75) is 6.54 Å². The van der Waals surface area contributed by atoms with Gasteiger partial charge >= 0.3 is 0 Å². The molecular formula is C15H15F2N3O. The van der Waals surface area contributed by atoms with Gasteiger partial charge < -0.3 is 16.4 Å². The number of carbonyl (C=O) groups excluding carboxylic acids is 1. The number of hydrogen-bond acceptors (Lipinski definition) is 3. The first-order chi connectivity index (χ1) is 10.1. The molecule has 0 radical (unpaired) electrons. The van der Waals surface area contributed by atoms with Crippen LogP contribution in [0.4, 0.5) is 20.2 Å². The van der Waals surface area contributed by atoms with Crippen molar-refractivity contribution in [3.63, 3.8) is 0 Å². The van der Waals surface area contributed by atoms with Gasteiger partial charge in [0.2, 0.25) is 5.91 Å². The highest BCUT2D eigenvalue weighted by atomic mass is 19.2. The zero-order chi connectivity index (χ0) is 15.2. The van der Waals surface area contributed by atoms with Crippen molar-refractivity contribution >= 4 is 17.3 Å². The summed E-state index contributed by atoms with van der Waals surface area (Å²) in [5.41, 5.74) is 7.36. The molecule has 0 fully saturated rings. The number of para-hydroxylation sites is 1. The minimum absolute atomic E-state index is 0.0655. The fourth-order valence-electron chi connectivity index (χ4n) is 1.80. The zero-order valence-corrected chi connectivity index (χ0v) is 11.2. The normalized spacial score (nSPS) is 10.2. The quantitative estimate of drug-likeness (QED) is 0.793. The Kier molecular flexibility index (Phi) is 4.84. The fraction of sp³-hybridized carbons (Fsp3) is 0.133. The summed E-state index contributed by atoms with van der Waals surface area (Å²) in [6.45, 7) is 0.247. The lowest BCUT2D eigenvalue weighted by Crippen LogP contribution is -2.22. The molecule has 0 atom stereocenters. The van der Waals surface area contributed by atoms with Crippen LogP contribution in [0.2, 0.25) is 0 Å². The van der Waals surface area contributed by atoms with Gasteiger partial charge in [-0.1, -0.05) is 18.2 Å². The maximum atomic E-state index is 13.0. The predicted molar refractivity (Wildman–Crippen MR) is 77.8 cm³/mol. The van der Waals surface area contributed by atoms with E-state index in [1.165, 1.54) is 6.07 Å². The zero-order valence-electron chi connectivity index (χ0n) is 11.2. The summed E-state index contributed by atoms with van der Waals surface area (Å²) in [5, 5.41) is 5.43. The molecule has 0 saturated heterocycles. The molecule has 0 unspecified atom stereocenters. The van der Waals surface area contributed by atoms with E-state index in [1.807, 2.05) is 12.1 Å². The highest BCUT2D eigenvalue weighted by Gasteiger charge is 2.07. The topological polar surface area (TPSA) is 67.1 Å². The number of benzene rings is 2. The van der Waals surface area contributed by atoms with Crippen LogP contribution in [0.3, 0.4) is 0 Å². The molecule has 0 aliphatic rings. The number of nitrogens with two attached hydrogens (primary N) is 1. The van der Waals surface area contributed by atoms with E-state index < -0.39 is 11.6 Å². The standard InChI is InChI=1S/C15H15F2N3O/c16-12-6-5-11(7-13(12)17)19-9-15(21)20-14-4-2-1-3-10(14)8-18/h1-7,19H,8-9,18H2,(H,20,21). The number of carbonyl (C=O) groups is 1. The summed E-state index contributed by atoms with van der Waals surface area (Å²) in [6.07, 6.45) is 0. The maximum absolute atomic E-state index is 13.0. The number of amides is 1. The molecular weight excluding hydrogens is 276 g/mol. The minimum atomic E-state index is -0.964. The van der Waals surface area contributed by atoms with Crippen LogP contribution in [0.1, 0.15) is 5.56 Å². The average molecular weight is 291 g/mol. The molecule has 4 nitrogen and oxygen atoms in total. The Hall–Kier alpha value is -2.47. The summed E-state index contributed by atoms with van der Waals surface area (Å²) in [5.74, 6) is -2.20. The van der Waals surface area contributed by atoms with Crippen molar-refractivity contribution in [1.82, 2.24) is 0 Å². The second-order valence-electron chi connectivity index (χ2n) is 4.39. The van der Waals surface area contributed by atoms with Crippen LogP contribution in [-0.2, 0) is 11.3 Å². The minimum Gasteiger partial charge on any atom is -0.376 e. The van der Waals surface area contributed by atoms with Gasteiger partial charge in [-0.15, -0.1) is 0 Å². The summed E-state index contributed by atoms with van der Waals surface area (Å²) in [4.78, 5) is 11.8. The van der Waals surface area contributed by atoms with E-state index in [-0.39, 0.29) is 12.5 Å². The van der Waals surface area contributed by atoms with Gasteiger partial charge in [0.25, 0.3) is 0 Å². The molecule has 110 valence electrons. The molecule has 1 amide bonds. The van der Waals surface area contributed by atoms with E-state index in [4.69, 9.17) is 5.73 Å². The average Bonchev–Trinajstić information content (AvgIpc) is 2.49. The van der Waals surface area contributed by atoms with Crippen LogP contribution in [0.15, 0.2) is 42.5 Å². The van der Waals surface area contributed by atoms with Gasteiger partial charge in [-0.2, -0.15) is 0 Å². The molecule has 2 aromatic carbocycles. The van der Waals surface area contributed by atoms with Crippen molar-refractivity contribution in [1.29, 1.82) is 0 Å². The smallest absolute Gasteiger partial charge is 0.243 e. The lowest BCUT2D eigenvalue weighted by atomic mass is 10.2. The number of anilines is 2. The molecule has 0 heterocycles. The monoisotopic (exact) mass is 291 g/mol. The largest absolute Gasteiger partial charge is 0.376 e. The molecule has 0 aliphatic carbocycles. The van der Waals surface area contributed by atoms with E-state index in [1.54, 1.807) is 12.1 Å². The van der Waals surface area contributed by atoms with Gasteiger partial charge in [-0.05, 0) is 23.8 Å². The van der Waals surface area contributed by atoms with E-state index in [2.05, 4.69) is 10.6 Å². The number of hydrogen-bond donors (Lipinski definition) is 3. The number of nitrogens with one attached hydrogen (secondary N) is 2. The molecule has 21 heavy (non-hydrogen) atoms. The van der Waals surface area contributed by atoms with Gasteiger partial charge in [-0.25, -0.2) is 8.78 Å². The Bertz CT molecular complexity index is 647. The molecule has 2 rings (SSSR count). The lowest BCUT2D eigenvalue weighted by Gasteiger charge is -2.11. The molecule has 0 saturated carbocycles. The summed E-state index contributed by atoms with van der Waals surface area (Å²) in [7, 11) is 0. The second-order valence-corrected chi connectivity index (χ2v) is 4.39. The Balaban J connectivity index is 1.94. The molecule has 0 spiro atoms. The van der Waals surface area contributed by atoms with Crippen LogP contribution in [-0.4, -0.2) is 12.5 Å². The highest BCUT2D eigenvalue weighted by molar-refractivity contribution is 5.94. The van der Waals surface area contributed by atoms with Gasteiger partial charge in [0.05, 0.1) is 6.54 Å². The van der Waals surface area contributed by atoms with E-state index in [0.717, 1.165) is 17.7 Å². The fourth-order valence-corrected chi connectivity index (χ4v) is 1.80. The van der Waals surface area contributed by atoms with Crippen LogP contribution in [0.25, 0.3) is 0 Å². The first-order valence-corrected chi connectivity index (χ1v) is 6.37. The lowest BCUT2D eigenvalue weighted by molar-refractivity contribution is -0.114. The van der Waals surface area contributed by atoms with Crippen molar-refractivity contribution in [3.05, 3.63) is 59.7 Å². The van der Waals surface area contributed by atoms with Gasteiger partial charge in [0.15, 0.2) is 11.6 Å². The van der Waals surface area contributed by atoms with Crippen molar-refractivity contribution in [2.24, 2.45) is 5.73 Å². The van der Waals surface area contributed by atoms with Crippen LogP contribution in [0.5, 0.6) is 0 Å². The first kappa shape index (κ1) is 14.9. The van der Waals surface area contributed by atoms with E-state index >= 15 is 0 Å². The van der Waals surface area contributed by atoms with Crippen LogP contribution < -0.4 is 16.4 Å². The van der Waals surface area contributed by atoms with Crippen molar-refractivity contribution in [2.75, 3.05) is 17.2 Å². The number of rotatable bonds is 5. The predicted octanol–water partition coefficient (Wildman–Crippen LogP) is 2.47. The van der Waals surface area contributed by atoms with Crippen molar-refractivity contribution < 1.29 is 13.6 Å². The Morgan fingerprint density at radius 3 is 2.57 bits per heavy atom. The maximum Gasteiger partial charge on any atom is 0.243 e. The number of halogens is 2. The van der Waals surface area contributed by atoms with Crippen LogP contribution in [0, 0.1) is 11.6 Å². The van der Waals surface area contributed by atoms with Crippen LogP contribution >= 0.6 is 0 Å². The third-order valence-corrected chi connectivity index (χ3v) is 2.88.